The molecule has 0 amide bonds. The van der Waals surface area contributed by atoms with Gasteiger partial charge in [0.05, 0.1) is 6.61 Å². The average Bonchev–Trinajstić information content (AvgIpc) is 2.29. The van der Waals surface area contributed by atoms with Crippen LogP contribution in [0.5, 0.6) is 0 Å². The molecule has 0 bridgehead atoms. The largest absolute Gasteiger partial charge is 0.465 e. The third kappa shape index (κ3) is 11.4. The first-order valence-corrected chi connectivity index (χ1v) is 6.88. The molecule has 3 nitrogen and oxygen atoms in total. The molecule has 0 heterocycles. The summed E-state index contributed by atoms with van der Waals surface area (Å²) in [5.41, 5.74) is 0. The highest BCUT2D eigenvalue weighted by Gasteiger charge is 2.09. The smallest absolute Gasteiger partial charge is 0.313 e. The summed E-state index contributed by atoms with van der Waals surface area (Å²) in [4.78, 5) is 22.6. The van der Waals surface area contributed by atoms with E-state index in [2.05, 4.69) is 13.8 Å². The van der Waals surface area contributed by atoms with Crippen LogP contribution >= 0.6 is 0 Å². The standard InChI is InChI=1S/C14H26O3/c1-3-5-7-9-11-17-14(16)12-13(15)10-8-6-4-2/h3-12H2,1-2H3. The number of carbonyl (C=O) groups excluding carboxylic acids is 2. The van der Waals surface area contributed by atoms with Gasteiger partial charge >= 0.3 is 5.97 Å². The number of esters is 1. The molecule has 100 valence electrons. The number of carbonyl (C=O) groups is 2. The Hall–Kier alpha value is -0.860. The van der Waals surface area contributed by atoms with Crippen molar-refractivity contribution in [3.05, 3.63) is 0 Å². The predicted octanol–water partition coefficient (Wildman–Crippen LogP) is 3.65. The van der Waals surface area contributed by atoms with E-state index < -0.39 is 0 Å². The van der Waals surface area contributed by atoms with Gasteiger partial charge < -0.3 is 4.74 Å². The fourth-order valence-corrected chi connectivity index (χ4v) is 1.59. The molecule has 0 spiro atoms. The first-order chi connectivity index (χ1) is 8.20. The van der Waals surface area contributed by atoms with Crippen LogP contribution in [0.2, 0.25) is 0 Å². The molecular weight excluding hydrogens is 216 g/mol. The highest BCUT2D eigenvalue weighted by Crippen LogP contribution is 2.04. The van der Waals surface area contributed by atoms with E-state index in [1.165, 1.54) is 12.8 Å². The van der Waals surface area contributed by atoms with Crippen LogP contribution in [-0.4, -0.2) is 18.4 Å². The zero-order valence-corrected chi connectivity index (χ0v) is 11.3. The molecular formula is C14H26O3. The topological polar surface area (TPSA) is 43.4 Å². The fraction of sp³-hybridized carbons (Fsp3) is 0.857. The molecule has 0 saturated heterocycles. The highest BCUT2D eigenvalue weighted by atomic mass is 16.5. The number of ether oxygens (including phenoxy) is 1. The normalized spacial score (nSPS) is 10.2. The number of rotatable bonds is 11. The summed E-state index contributed by atoms with van der Waals surface area (Å²) in [5.74, 6) is -0.347. The monoisotopic (exact) mass is 242 g/mol. The first kappa shape index (κ1) is 16.1. The minimum atomic E-state index is -0.358. The number of hydrogen-bond acceptors (Lipinski definition) is 3. The van der Waals surface area contributed by atoms with Gasteiger partial charge in [-0.2, -0.15) is 0 Å². The number of ketones is 1. The maximum Gasteiger partial charge on any atom is 0.313 e. The van der Waals surface area contributed by atoms with E-state index in [4.69, 9.17) is 4.74 Å². The van der Waals surface area contributed by atoms with Gasteiger partial charge in [-0.15, -0.1) is 0 Å². The number of hydrogen-bond donors (Lipinski definition) is 0. The molecule has 0 atom stereocenters. The van der Waals surface area contributed by atoms with Crippen LogP contribution in [0.1, 0.15) is 71.6 Å². The zero-order chi connectivity index (χ0) is 12.9. The number of unbranched alkanes of at least 4 members (excludes halogenated alkanes) is 5. The average molecular weight is 242 g/mol. The molecule has 0 radical (unpaired) electrons. The van der Waals surface area contributed by atoms with Gasteiger partial charge in [-0.1, -0.05) is 46.0 Å². The summed E-state index contributed by atoms with van der Waals surface area (Å²) < 4.78 is 5.01. The molecule has 0 aliphatic heterocycles. The summed E-state index contributed by atoms with van der Waals surface area (Å²) in [6, 6.07) is 0. The van der Waals surface area contributed by atoms with Crippen molar-refractivity contribution >= 4 is 11.8 Å². The minimum absolute atomic E-state index is 0.0111. The van der Waals surface area contributed by atoms with Crippen LogP contribution in [0.4, 0.5) is 0 Å². The molecule has 0 rings (SSSR count). The lowest BCUT2D eigenvalue weighted by Gasteiger charge is -2.04. The van der Waals surface area contributed by atoms with Crippen molar-refractivity contribution in [3.63, 3.8) is 0 Å². The van der Waals surface area contributed by atoms with Crippen LogP contribution in [0.3, 0.4) is 0 Å². The summed E-state index contributed by atoms with van der Waals surface area (Å²) in [6.07, 6.45) is 7.84. The van der Waals surface area contributed by atoms with Gasteiger partial charge in [0.2, 0.25) is 0 Å². The third-order valence-corrected chi connectivity index (χ3v) is 2.66. The van der Waals surface area contributed by atoms with E-state index >= 15 is 0 Å². The molecule has 3 heteroatoms. The van der Waals surface area contributed by atoms with Crippen LogP contribution < -0.4 is 0 Å². The lowest BCUT2D eigenvalue weighted by Crippen LogP contribution is -2.12. The SMILES string of the molecule is CCCCCCOC(=O)CC(=O)CCCCC. The zero-order valence-electron chi connectivity index (χ0n) is 11.3. The van der Waals surface area contributed by atoms with Crippen LogP contribution in [0, 0.1) is 0 Å². The molecule has 0 fully saturated rings. The van der Waals surface area contributed by atoms with Gasteiger partial charge in [-0.05, 0) is 12.8 Å². The molecule has 0 aliphatic rings. The van der Waals surface area contributed by atoms with E-state index in [1.54, 1.807) is 0 Å². The summed E-state index contributed by atoms with van der Waals surface area (Å²) >= 11 is 0. The fourth-order valence-electron chi connectivity index (χ4n) is 1.59. The Kier molecular flexibility index (Phi) is 11.0. The van der Waals surface area contributed by atoms with E-state index in [9.17, 15) is 9.59 Å². The maximum atomic E-state index is 11.4. The quantitative estimate of drug-likeness (QED) is 0.315. The van der Waals surface area contributed by atoms with Crippen molar-refractivity contribution in [2.75, 3.05) is 6.61 Å². The first-order valence-electron chi connectivity index (χ1n) is 6.88. The van der Waals surface area contributed by atoms with Crippen molar-refractivity contribution in [2.24, 2.45) is 0 Å². The second kappa shape index (κ2) is 11.6. The molecule has 0 aliphatic carbocycles. The van der Waals surface area contributed by atoms with Crippen molar-refractivity contribution in [2.45, 2.75) is 71.6 Å². The summed E-state index contributed by atoms with van der Waals surface area (Å²) in [5, 5.41) is 0. The Morgan fingerprint density at radius 3 is 2.18 bits per heavy atom. The predicted molar refractivity (Wildman–Crippen MR) is 68.9 cm³/mol. The minimum Gasteiger partial charge on any atom is -0.465 e. The van der Waals surface area contributed by atoms with Crippen LogP contribution in [0.15, 0.2) is 0 Å². The molecule has 0 unspecified atom stereocenters. The molecule has 0 aromatic rings. The molecule has 0 saturated carbocycles. The molecule has 17 heavy (non-hydrogen) atoms. The summed E-state index contributed by atoms with van der Waals surface area (Å²) in [6.45, 7) is 4.69. The molecule has 0 aromatic carbocycles. The van der Waals surface area contributed by atoms with Crippen molar-refractivity contribution in [1.82, 2.24) is 0 Å². The van der Waals surface area contributed by atoms with Crippen molar-refractivity contribution < 1.29 is 14.3 Å². The van der Waals surface area contributed by atoms with Gasteiger partial charge in [0.1, 0.15) is 12.2 Å². The second-order valence-corrected chi connectivity index (χ2v) is 4.45. The lowest BCUT2D eigenvalue weighted by atomic mass is 10.1. The molecule has 0 aromatic heterocycles. The lowest BCUT2D eigenvalue weighted by molar-refractivity contribution is -0.146. The van der Waals surface area contributed by atoms with E-state index in [0.717, 1.165) is 32.1 Å². The van der Waals surface area contributed by atoms with Crippen LogP contribution in [-0.2, 0) is 14.3 Å². The Bertz CT molecular complexity index is 212. The second-order valence-electron chi connectivity index (χ2n) is 4.45. The van der Waals surface area contributed by atoms with Gasteiger partial charge in [-0.3, -0.25) is 9.59 Å². The Labute approximate surface area is 105 Å². The Morgan fingerprint density at radius 1 is 0.882 bits per heavy atom. The maximum absolute atomic E-state index is 11.4. The van der Waals surface area contributed by atoms with Crippen molar-refractivity contribution in [3.8, 4) is 0 Å². The van der Waals surface area contributed by atoms with Gasteiger partial charge in [-0.25, -0.2) is 0 Å². The van der Waals surface area contributed by atoms with Crippen molar-refractivity contribution in [1.29, 1.82) is 0 Å². The van der Waals surface area contributed by atoms with E-state index in [-0.39, 0.29) is 18.2 Å². The van der Waals surface area contributed by atoms with Crippen LogP contribution in [0.25, 0.3) is 0 Å². The van der Waals surface area contributed by atoms with E-state index in [0.29, 0.717) is 13.0 Å². The molecule has 0 N–H and O–H groups in total. The van der Waals surface area contributed by atoms with E-state index in [1.807, 2.05) is 0 Å². The Balaban J connectivity index is 3.41. The van der Waals surface area contributed by atoms with Gasteiger partial charge in [0.15, 0.2) is 0 Å². The van der Waals surface area contributed by atoms with Gasteiger partial charge in [0, 0.05) is 6.42 Å². The third-order valence-electron chi connectivity index (χ3n) is 2.66. The van der Waals surface area contributed by atoms with Gasteiger partial charge in [0.25, 0.3) is 0 Å². The Morgan fingerprint density at radius 2 is 1.53 bits per heavy atom. The number of Topliss-reactive ketones (excluding diaryl/α,β-unsaturated/α-hetero) is 1. The summed E-state index contributed by atoms with van der Waals surface area (Å²) in [7, 11) is 0. The highest BCUT2D eigenvalue weighted by molar-refractivity contribution is 5.95.